The molecule has 1 aromatic heterocycles. The molecule has 0 N–H and O–H groups in total. The minimum Gasteiger partial charge on any atom is -0.487 e. The van der Waals surface area contributed by atoms with E-state index < -0.39 is 0 Å². The minimum absolute atomic E-state index is 0.0193. The average molecular weight is 385 g/mol. The normalized spacial score (nSPS) is 21.2. The van der Waals surface area contributed by atoms with Gasteiger partial charge in [-0.2, -0.15) is 0 Å². The van der Waals surface area contributed by atoms with Gasteiger partial charge in [0, 0.05) is 25.7 Å². The van der Waals surface area contributed by atoms with Crippen LogP contribution in [0.1, 0.15) is 17.7 Å². The lowest BCUT2D eigenvalue weighted by atomic mass is 10.1. The quantitative estimate of drug-likeness (QED) is 0.688. The molecule has 0 aliphatic carbocycles. The van der Waals surface area contributed by atoms with Crippen LogP contribution in [0.15, 0.2) is 79.0 Å². The molecule has 0 radical (unpaired) electrons. The van der Waals surface area contributed by atoms with Gasteiger partial charge >= 0.3 is 0 Å². The van der Waals surface area contributed by atoms with Crippen LogP contribution >= 0.6 is 0 Å². The lowest BCUT2D eigenvalue weighted by molar-refractivity contribution is -0.123. The summed E-state index contributed by atoms with van der Waals surface area (Å²) in [5.74, 6) is 0.881. The number of para-hydroxylation sites is 2. The molecule has 146 valence electrons. The van der Waals surface area contributed by atoms with Gasteiger partial charge in [-0.05, 0) is 29.8 Å². The largest absolute Gasteiger partial charge is 0.487 e. The van der Waals surface area contributed by atoms with Crippen LogP contribution < -0.4 is 9.64 Å². The number of anilines is 1. The molecular formula is C24H23N3O2. The Morgan fingerprint density at radius 2 is 1.72 bits per heavy atom. The number of nitrogens with zero attached hydrogens (tertiary/aromatic N) is 3. The van der Waals surface area contributed by atoms with Crippen LogP contribution in [0, 0.1) is 0 Å². The first-order chi connectivity index (χ1) is 14.3. The first-order valence-corrected chi connectivity index (χ1v) is 10.0. The Balaban J connectivity index is 1.49. The van der Waals surface area contributed by atoms with Gasteiger partial charge in [0.25, 0.3) is 0 Å². The zero-order valence-electron chi connectivity index (χ0n) is 16.1. The van der Waals surface area contributed by atoms with Crippen molar-refractivity contribution in [2.45, 2.75) is 31.7 Å². The summed E-state index contributed by atoms with van der Waals surface area (Å²) in [7, 11) is 0. The molecule has 3 heterocycles. The van der Waals surface area contributed by atoms with E-state index in [4.69, 9.17) is 4.74 Å². The molecule has 2 aromatic carbocycles. The third-order valence-corrected chi connectivity index (χ3v) is 5.64. The molecule has 1 amide bonds. The number of amides is 1. The summed E-state index contributed by atoms with van der Waals surface area (Å²) in [5, 5.41) is 0. The Morgan fingerprint density at radius 3 is 2.55 bits per heavy atom. The van der Waals surface area contributed by atoms with Crippen molar-refractivity contribution in [3.8, 4) is 5.75 Å². The fourth-order valence-electron chi connectivity index (χ4n) is 4.27. The Morgan fingerprint density at radius 1 is 0.931 bits per heavy atom. The van der Waals surface area contributed by atoms with Gasteiger partial charge in [0.15, 0.2) is 0 Å². The van der Waals surface area contributed by atoms with Crippen molar-refractivity contribution >= 4 is 11.6 Å². The lowest BCUT2D eigenvalue weighted by Crippen LogP contribution is -2.45. The summed E-state index contributed by atoms with van der Waals surface area (Å²) in [6, 6.07) is 23.7. The van der Waals surface area contributed by atoms with Gasteiger partial charge in [-0.15, -0.1) is 0 Å². The van der Waals surface area contributed by atoms with Crippen molar-refractivity contribution < 1.29 is 9.53 Å². The fraction of sp³-hybridized carbons (Fsp3) is 0.250. The molecule has 3 aromatic rings. The van der Waals surface area contributed by atoms with Crippen LogP contribution in [0.2, 0.25) is 0 Å². The fourth-order valence-corrected chi connectivity index (χ4v) is 4.27. The molecule has 5 rings (SSSR count). The highest BCUT2D eigenvalue weighted by Crippen LogP contribution is 2.37. The van der Waals surface area contributed by atoms with Crippen LogP contribution in [-0.4, -0.2) is 34.5 Å². The zero-order chi connectivity index (χ0) is 19.6. The standard InChI is InChI=1S/C24H23N3O2/c28-24-22-14-20(17-26(22)15-18-8-2-1-3-9-18)29-23-12-5-4-11-21(23)27(24)16-19-10-6-7-13-25-19/h1-13,20,22H,14-17H2. The molecule has 2 aliphatic rings. The number of ether oxygens (including phenoxy) is 1. The lowest BCUT2D eigenvalue weighted by Gasteiger charge is -2.31. The highest BCUT2D eigenvalue weighted by Gasteiger charge is 2.42. The van der Waals surface area contributed by atoms with Crippen LogP contribution in [0.3, 0.4) is 0 Å². The summed E-state index contributed by atoms with van der Waals surface area (Å²) in [6.07, 6.45) is 2.49. The molecular weight excluding hydrogens is 362 g/mol. The number of rotatable bonds is 4. The second-order valence-electron chi connectivity index (χ2n) is 7.62. The number of carbonyl (C=O) groups excluding carboxylic acids is 1. The number of aromatic nitrogens is 1. The maximum atomic E-state index is 13.7. The minimum atomic E-state index is -0.197. The van der Waals surface area contributed by atoms with E-state index in [9.17, 15) is 4.79 Å². The first-order valence-electron chi connectivity index (χ1n) is 10.0. The monoisotopic (exact) mass is 385 g/mol. The highest BCUT2D eigenvalue weighted by atomic mass is 16.5. The third kappa shape index (κ3) is 3.61. The molecule has 5 nitrogen and oxygen atoms in total. The van der Waals surface area contributed by atoms with E-state index in [2.05, 4.69) is 22.0 Å². The zero-order valence-corrected chi connectivity index (χ0v) is 16.1. The third-order valence-electron chi connectivity index (χ3n) is 5.64. The van der Waals surface area contributed by atoms with Gasteiger partial charge in [-0.25, -0.2) is 0 Å². The molecule has 1 saturated heterocycles. The molecule has 2 atom stereocenters. The second-order valence-corrected chi connectivity index (χ2v) is 7.62. The number of fused-ring (bicyclic) bond motifs is 3. The van der Waals surface area contributed by atoms with Crippen LogP contribution in [0.5, 0.6) is 5.75 Å². The van der Waals surface area contributed by atoms with E-state index >= 15 is 0 Å². The number of carbonyl (C=O) groups is 1. The molecule has 0 saturated carbocycles. The SMILES string of the molecule is O=C1C2CC(CN2Cc2ccccc2)Oc2ccccc2N1Cc1ccccn1. The van der Waals surface area contributed by atoms with Gasteiger partial charge < -0.3 is 9.64 Å². The number of pyridine rings is 1. The average Bonchev–Trinajstić information content (AvgIpc) is 3.16. The number of likely N-dealkylation sites (tertiary alicyclic amines) is 1. The molecule has 2 bridgehead atoms. The van der Waals surface area contributed by atoms with Crippen LogP contribution in [0.25, 0.3) is 0 Å². The van der Waals surface area contributed by atoms with E-state index in [-0.39, 0.29) is 18.1 Å². The predicted molar refractivity (Wildman–Crippen MR) is 112 cm³/mol. The van der Waals surface area contributed by atoms with Crippen molar-refractivity contribution in [2.24, 2.45) is 0 Å². The van der Waals surface area contributed by atoms with Crippen LogP contribution in [0.4, 0.5) is 5.69 Å². The predicted octanol–water partition coefficient (Wildman–Crippen LogP) is 3.65. The number of benzene rings is 2. The van der Waals surface area contributed by atoms with Crippen molar-refractivity contribution in [1.82, 2.24) is 9.88 Å². The van der Waals surface area contributed by atoms with E-state index in [1.165, 1.54) is 5.56 Å². The first kappa shape index (κ1) is 17.9. The van der Waals surface area contributed by atoms with Gasteiger partial charge in [-0.1, -0.05) is 48.5 Å². The van der Waals surface area contributed by atoms with E-state index in [1.807, 2.05) is 65.6 Å². The van der Waals surface area contributed by atoms with Gasteiger partial charge in [0.05, 0.1) is 24.0 Å². The summed E-state index contributed by atoms with van der Waals surface area (Å²) >= 11 is 0. The summed E-state index contributed by atoms with van der Waals surface area (Å²) in [5.41, 5.74) is 2.89. The molecule has 5 heteroatoms. The van der Waals surface area contributed by atoms with Crippen molar-refractivity contribution in [1.29, 1.82) is 0 Å². The topological polar surface area (TPSA) is 45.7 Å². The van der Waals surface area contributed by atoms with E-state index in [0.29, 0.717) is 13.0 Å². The molecule has 1 fully saturated rings. The Bertz CT molecular complexity index is 993. The maximum absolute atomic E-state index is 13.7. The molecule has 0 spiro atoms. The van der Waals surface area contributed by atoms with Gasteiger partial charge in [-0.3, -0.25) is 14.7 Å². The Hall–Kier alpha value is -3.18. The van der Waals surface area contributed by atoms with Crippen molar-refractivity contribution in [2.75, 3.05) is 11.4 Å². The smallest absolute Gasteiger partial charge is 0.244 e. The second kappa shape index (κ2) is 7.68. The number of hydrogen-bond acceptors (Lipinski definition) is 4. The van der Waals surface area contributed by atoms with Gasteiger partial charge in [0.2, 0.25) is 5.91 Å². The van der Waals surface area contributed by atoms with Gasteiger partial charge in [0.1, 0.15) is 11.9 Å². The van der Waals surface area contributed by atoms with Crippen molar-refractivity contribution in [3.05, 3.63) is 90.3 Å². The number of hydrogen-bond donors (Lipinski definition) is 0. The van der Waals surface area contributed by atoms with E-state index in [1.54, 1.807) is 6.20 Å². The van der Waals surface area contributed by atoms with E-state index in [0.717, 1.165) is 30.2 Å². The van der Waals surface area contributed by atoms with Crippen molar-refractivity contribution in [3.63, 3.8) is 0 Å². The van der Waals surface area contributed by atoms with Crippen LogP contribution in [-0.2, 0) is 17.9 Å². The maximum Gasteiger partial charge on any atom is 0.244 e. The molecule has 2 unspecified atom stereocenters. The summed E-state index contributed by atoms with van der Waals surface area (Å²) in [4.78, 5) is 22.2. The molecule has 2 aliphatic heterocycles. The molecule has 29 heavy (non-hydrogen) atoms. The Kier molecular flexibility index (Phi) is 4.74. The summed E-state index contributed by atoms with van der Waals surface area (Å²) < 4.78 is 6.36. The highest BCUT2D eigenvalue weighted by molar-refractivity contribution is 5.99. The summed E-state index contributed by atoms with van der Waals surface area (Å²) in [6.45, 7) is 1.92. The Labute approximate surface area is 170 Å².